The van der Waals surface area contributed by atoms with E-state index in [1.165, 1.54) is 16.9 Å². The third kappa shape index (κ3) is 3.37. The summed E-state index contributed by atoms with van der Waals surface area (Å²) < 4.78 is 50.8. The van der Waals surface area contributed by atoms with E-state index in [4.69, 9.17) is 9.47 Å². The number of likely N-dealkylation sites (tertiary alicyclic amines) is 1. The lowest BCUT2D eigenvalue weighted by molar-refractivity contribution is -0.181. The van der Waals surface area contributed by atoms with E-state index in [9.17, 15) is 18.0 Å². The molecule has 28 heavy (non-hydrogen) atoms. The van der Waals surface area contributed by atoms with Gasteiger partial charge in [-0.25, -0.2) is 9.67 Å². The number of carbonyl (C=O) groups excluding carboxylic acids is 1. The second kappa shape index (κ2) is 6.85. The molecular weight excluding hydrogens is 377 g/mol. The Hall–Kier alpha value is -2.46. The van der Waals surface area contributed by atoms with Crippen LogP contribution >= 0.6 is 0 Å². The molecule has 2 saturated heterocycles. The maximum Gasteiger partial charge on any atom is 0.417 e. The van der Waals surface area contributed by atoms with Gasteiger partial charge in [-0.2, -0.15) is 18.3 Å². The SMILES string of the molecule is Cc1c(C(=O)N2CCC3(CC2)OCCO3)cnn1-c1ccc(C(F)(F)F)cn1. The molecule has 0 aliphatic carbocycles. The number of aromatic nitrogens is 3. The maximum atomic E-state index is 12.9. The zero-order valence-corrected chi connectivity index (χ0v) is 15.2. The van der Waals surface area contributed by atoms with Crippen LogP contribution in [0.25, 0.3) is 5.82 Å². The van der Waals surface area contributed by atoms with Gasteiger partial charge in [-0.1, -0.05) is 0 Å². The van der Waals surface area contributed by atoms with Gasteiger partial charge in [-0.3, -0.25) is 4.79 Å². The first-order valence-electron chi connectivity index (χ1n) is 8.95. The molecule has 0 saturated carbocycles. The second-order valence-corrected chi connectivity index (χ2v) is 6.86. The van der Waals surface area contributed by atoms with Crippen molar-refractivity contribution in [2.24, 2.45) is 0 Å². The van der Waals surface area contributed by atoms with Gasteiger partial charge in [0.1, 0.15) is 0 Å². The van der Waals surface area contributed by atoms with Crippen molar-refractivity contribution in [2.75, 3.05) is 26.3 Å². The van der Waals surface area contributed by atoms with Crippen molar-refractivity contribution >= 4 is 5.91 Å². The first-order chi connectivity index (χ1) is 13.3. The summed E-state index contributed by atoms with van der Waals surface area (Å²) in [6.07, 6.45) is -1.07. The van der Waals surface area contributed by atoms with Crippen LogP contribution in [0.5, 0.6) is 0 Å². The smallest absolute Gasteiger partial charge is 0.347 e. The summed E-state index contributed by atoms with van der Waals surface area (Å²) in [6.45, 7) is 3.83. The fourth-order valence-corrected chi connectivity index (χ4v) is 3.54. The zero-order chi connectivity index (χ0) is 19.9. The van der Waals surface area contributed by atoms with E-state index in [0.29, 0.717) is 50.4 Å². The minimum Gasteiger partial charge on any atom is -0.347 e. The minimum absolute atomic E-state index is 0.177. The lowest BCUT2D eigenvalue weighted by atomic mass is 10.0. The molecule has 4 heterocycles. The number of pyridine rings is 1. The van der Waals surface area contributed by atoms with E-state index in [2.05, 4.69) is 10.1 Å². The topological polar surface area (TPSA) is 69.5 Å². The van der Waals surface area contributed by atoms with E-state index < -0.39 is 17.5 Å². The summed E-state index contributed by atoms with van der Waals surface area (Å²) in [5.41, 5.74) is 0.0766. The maximum absolute atomic E-state index is 12.9. The molecule has 1 spiro atoms. The monoisotopic (exact) mass is 396 g/mol. The van der Waals surface area contributed by atoms with E-state index in [1.54, 1.807) is 11.8 Å². The molecule has 0 bridgehead atoms. The normalized spacial score (nSPS) is 19.4. The molecule has 4 rings (SSSR count). The molecule has 2 aliphatic heterocycles. The van der Waals surface area contributed by atoms with Crippen LogP contribution in [0.1, 0.15) is 34.5 Å². The van der Waals surface area contributed by atoms with Crippen LogP contribution < -0.4 is 0 Å². The number of rotatable bonds is 2. The van der Waals surface area contributed by atoms with Crippen molar-refractivity contribution < 1.29 is 27.4 Å². The van der Waals surface area contributed by atoms with Crippen molar-refractivity contribution in [3.05, 3.63) is 41.3 Å². The number of piperidine rings is 1. The Kier molecular flexibility index (Phi) is 4.62. The molecule has 0 atom stereocenters. The van der Waals surface area contributed by atoms with E-state index >= 15 is 0 Å². The van der Waals surface area contributed by atoms with Gasteiger partial charge in [-0.05, 0) is 19.1 Å². The summed E-state index contributed by atoms with van der Waals surface area (Å²) in [7, 11) is 0. The minimum atomic E-state index is -4.45. The third-order valence-electron chi connectivity index (χ3n) is 5.16. The van der Waals surface area contributed by atoms with Crippen LogP contribution in [0.4, 0.5) is 13.2 Å². The Bertz CT molecular complexity index is 863. The molecule has 7 nitrogen and oxygen atoms in total. The van der Waals surface area contributed by atoms with Crippen LogP contribution in [0.2, 0.25) is 0 Å². The molecular formula is C18H19F3N4O3. The number of amides is 1. The molecule has 0 aromatic carbocycles. The Balaban J connectivity index is 1.50. The van der Waals surface area contributed by atoms with E-state index in [1.807, 2.05) is 0 Å². The first-order valence-corrected chi connectivity index (χ1v) is 8.95. The molecule has 0 radical (unpaired) electrons. The molecule has 2 aromatic rings. The Morgan fingerprint density at radius 1 is 1.14 bits per heavy atom. The molecule has 10 heteroatoms. The van der Waals surface area contributed by atoms with Gasteiger partial charge in [-0.15, -0.1) is 0 Å². The van der Waals surface area contributed by atoms with Gasteiger partial charge in [0.25, 0.3) is 5.91 Å². The van der Waals surface area contributed by atoms with Crippen molar-refractivity contribution in [2.45, 2.75) is 31.7 Å². The van der Waals surface area contributed by atoms with Gasteiger partial charge < -0.3 is 14.4 Å². The number of hydrogen-bond acceptors (Lipinski definition) is 5. The third-order valence-corrected chi connectivity index (χ3v) is 5.16. The summed E-state index contributed by atoms with van der Waals surface area (Å²) in [6, 6.07) is 2.17. The van der Waals surface area contributed by atoms with Crippen molar-refractivity contribution in [3.8, 4) is 5.82 Å². The van der Waals surface area contributed by atoms with Crippen molar-refractivity contribution in [1.82, 2.24) is 19.7 Å². The van der Waals surface area contributed by atoms with Gasteiger partial charge in [0.05, 0.1) is 36.2 Å². The molecule has 0 N–H and O–H groups in total. The molecule has 1 amide bonds. The standard InChI is InChI=1S/C18H19F3N4O3/c1-12-14(16(26)24-6-4-17(5-7-24)27-8-9-28-17)11-23-25(12)15-3-2-13(10-22-15)18(19,20)21/h2-3,10-11H,4-9H2,1H3. The largest absolute Gasteiger partial charge is 0.417 e. The van der Waals surface area contributed by atoms with Crippen LogP contribution in [-0.4, -0.2) is 57.7 Å². The quantitative estimate of drug-likeness (QED) is 0.781. The number of carbonyl (C=O) groups is 1. The molecule has 2 aliphatic rings. The zero-order valence-electron chi connectivity index (χ0n) is 15.2. The van der Waals surface area contributed by atoms with Gasteiger partial charge in [0, 0.05) is 32.1 Å². The Labute approximate surface area is 159 Å². The van der Waals surface area contributed by atoms with Crippen LogP contribution in [-0.2, 0) is 15.7 Å². The molecule has 2 aromatic heterocycles. The van der Waals surface area contributed by atoms with Crippen LogP contribution in [0.3, 0.4) is 0 Å². The lowest BCUT2D eigenvalue weighted by Crippen LogP contribution is -2.47. The van der Waals surface area contributed by atoms with Crippen molar-refractivity contribution in [1.29, 1.82) is 0 Å². The van der Waals surface area contributed by atoms with Crippen LogP contribution in [0, 0.1) is 6.92 Å². The average Bonchev–Trinajstić information content (AvgIpc) is 3.28. The number of alkyl halides is 3. The summed E-state index contributed by atoms with van der Waals surface area (Å²) in [5.74, 6) is -0.529. The number of nitrogens with zero attached hydrogens (tertiary/aromatic N) is 4. The Morgan fingerprint density at radius 2 is 1.82 bits per heavy atom. The number of halogens is 3. The fraction of sp³-hybridized carbons (Fsp3) is 0.500. The average molecular weight is 396 g/mol. The highest BCUT2D eigenvalue weighted by Crippen LogP contribution is 2.32. The highest BCUT2D eigenvalue weighted by molar-refractivity contribution is 5.95. The van der Waals surface area contributed by atoms with E-state index in [-0.39, 0.29) is 11.7 Å². The van der Waals surface area contributed by atoms with Crippen molar-refractivity contribution in [3.63, 3.8) is 0 Å². The summed E-state index contributed by atoms with van der Waals surface area (Å²) >= 11 is 0. The lowest BCUT2D eigenvalue weighted by Gasteiger charge is -2.37. The predicted octanol–water partition coefficient (Wildman–Crippen LogP) is 2.57. The predicted molar refractivity (Wildman–Crippen MR) is 90.9 cm³/mol. The summed E-state index contributed by atoms with van der Waals surface area (Å²) in [5, 5.41) is 4.14. The van der Waals surface area contributed by atoms with Gasteiger partial charge >= 0.3 is 6.18 Å². The summed E-state index contributed by atoms with van der Waals surface area (Å²) in [4.78, 5) is 18.4. The highest BCUT2D eigenvalue weighted by atomic mass is 19.4. The van der Waals surface area contributed by atoms with Gasteiger partial charge in [0.2, 0.25) is 0 Å². The first kappa shape index (κ1) is 18.9. The molecule has 2 fully saturated rings. The van der Waals surface area contributed by atoms with Gasteiger partial charge in [0.15, 0.2) is 11.6 Å². The Morgan fingerprint density at radius 3 is 2.39 bits per heavy atom. The molecule has 150 valence electrons. The highest BCUT2D eigenvalue weighted by Gasteiger charge is 2.41. The van der Waals surface area contributed by atoms with Crippen LogP contribution in [0.15, 0.2) is 24.5 Å². The molecule has 0 unspecified atom stereocenters. The number of hydrogen-bond donors (Lipinski definition) is 0. The van der Waals surface area contributed by atoms with E-state index in [0.717, 1.165) is 12.3 Å². The number of ether oxygens (including phenoxy) is 2. The second-order valence-electron chi connectivity index (χ2n) is 6.86. The fourth-order valence-electron chi connectivity index (χ4n) is 3.54.